The van der Waals surface area contributed by atoms with Gasteiger partial charge in [-0.15, -0.1) is 0 Å². The fraction of sp³-hybridized carbons (Fsp3) is 0.273. The van der Waals surface area contributed by atoms with Crippen LogP contribution in [0.25, 0.3) is 11.4 Å². The smallest absolute Gasteiger partial charge is 0.239 e. The molecule has 0 unspecified atom stereocenters. The molecule has 1 fully saturated rings. The second-order valence-corrected chi connectivity index (χ2v) is 8.26. The fourth-order valence-corrected chi connectivity index (χ4v) is 4.13. The molecule has 1 saturated heterocycles. The molecule has 0 aliphatic carbocycles. The van der Waals surface area contributed by atoms with Gasteiger partial charge in [0.1, 0.15) is 5.75 Å². The number of amides is 2. The molecule has 3 aromatic rings. The molecular weight excluding hydrogens is 464 g/mol. The van der Waals surface area contributed by atoms with Crippen molar-refractivity contribution in [2.24, 2.45) is 0 Å². The lowest BCUT2D eigenvalue weighted by molar-refractivity contribution is -0.120. The molecule has 0 bridgehead atoms. The van der Waals surface area contributed by atoms with E-state index in [2.05, 4.69) is 20.8 Å². The average Bonchev–Trinajstić information content (AvgIpc) is 3.18. The van der Waals surface area contributed by atoms with Crippen molar-refractivity contribution in [1.29, 1.82) is 0 Å². The molecule has 0 spiro atoms. The zero-order valence-corrected chi connectivity index (χ0v) is 19.5. The topological polar surface area (TPSA) is 104 Å². The number of carbonyl (C=O) groups excluding carboxylic acids is 2. The molecule has 4 rings (SSSR count). The van der Waals surface area contributed by atoms with E-state index >= 15 is 0 Å². The van der Waals surface area contributed by atoms with Gasteiger partial charge in [-0.25, -0.2) is 0 Å². The number of aromatic nitrogens is 3. The Morgan fingerprint density at radius 2 is 2.06 bits per heavy atom. The summed E-state index contributed by atoms with van der Waals surface area (Å²) >= 11 is 11.8. The second kappa shape index (κ2) is 10.1. The van der Waals surface area contributed by atoms with Gasteiger partial charge >= 0.3 is 0 Å². The summed E-state index contributed by atoms with van der Waals surface area (Å²) in [7, 11) is 1.61. The fourth-order valence-electron chi connectivity index (χ4n) is 3.61. The van der Waals surface area contributed by atoms with E-state index in [0.29, 0.717) is 40.9 Å². The molecule has 2 aromatic carbocycles. The summed E-state index contributed by atoms with van der Waals surface area (Å²) in [6.45, 7) is 1.87. The Morgan fingerprint density at radius 3 is 2.76 bits per heavy atom. The number of hydrogen-bond donors (Lipinski definition) is 3. The van der Waals surface area contributed by atoms with E-state index in [1.807, 2.05) is 35.2 Å². The van der Waals surface area contributed by atoms with Crippen molar-refractivity contribution in [3.05, 3.63) is 52.3 Å². The van der Waals surface area contributed by atoms with Crippen LogP contribution in [0.2, 0.25) is 5.02 Å². The summed E-state index contributed by atoms with van der Waals surface area (Å²) in [5.41, 5.74) is 2.21. The lowest BCUT2D eigenvalue weighted by Gasteiger charge is -2.29. The van der Waals surface area contributed by atoms with Gasteiger partial charge in [-0.2, -0.15) is 5.10 Å². The molecule has 0 radical (unpaired) electrons. The maximum absolute atomic E-state index is 12.6. The predicted molar refractivity (Wildman–Crippen MR) is 129 cm³/mol. The lowest BCUT2D eigenvalue weighted by Crippen LogP contribution is -2.47. The first-order valence-corrected chi connectivity index (χ1v) is 11.1. The molecule has 11 heteroatoms. The molecule has 1 aliphatic rings. The lowest BCUT2D eigenvalue weighted by atomic mass is 10.2. The van der Waals surface area contributed by atoms with E-state index < -0.39 is 0 Å². The van der Waals surface area contributed by atoms with Crippen molar-refractivity contribution < 1.29 is 14.3 Å². The van der Waals surface area contributed by atoms with E-state index in [0.717, 1.165) is 17.0 Å². The van der Waals surface area contributed by atoms with Crippen LogP contribution in [-0.2, 0) is 16.1 Å². The third kappa shape index (κ3) is 5.35. The number of halogens is 1. The highest BCUT2D eigenvalue weighted by Crippen LogP contribution is 2.29. The van der Waals surface area contributed by atoms with Gasteiger partial charge in [-0.3, -0.25) is 19.3 Å². The molecule has 0 atom stereocenters. The number of H-pyrrole nitrogens is 1. The summed E-state index contributed by atoms with van der Waals surface area (Å²) in [6.07, 6.45) is 0.197. The van der Waals surface area contributed by atoms with Crippen LogP contribution in [-0.4, -0.2) is 53.3 Å². The highest BCUT2D eigenvalue weighted by atomic mass is 35.5. The van der Waals surface area contributed by atoms with E-state index in [1.165, 1.54) is 0 Å². The van der Waals surface area contributed by atoms with Crippen molar-refractivity contribution in [3.8, 4) is 17.1 Å². The first-order valence-electron chi connectivity index (χ1n) is 10.4. The number of methoxy groups -OCH3 is 1. The minimum atomic E-state index is -0.181. The molecular formula is C22H23ClN6O3S. The average molecular weight is 487 g/mol. The van der Waals surface area contributed by atoms with Gasteiger partial charge < -0.3 is 20.3 Å². The van der Waals surface area contributed by atoms with Crippen molar-refractivity contribution in [2.75, 3.05) is 37.0 Å². The number of nitrogens with one attached hydrogen (secondary N) is 3. The number of ether oxygens (including phenoxy) is 1. The number of hydrogen-bond acceptors (Lipinski definition) is 6. The van der Waals surface area contributed by atoms with Crippen molar-refractivity contribution in [1.82, 2.24) is 20.1 Å². The van der Waals surface area contributed by atoms with Crippen molar-refractivity contribution in [3.63, 3.8) is 0 Å². The molecule has 172 valence electrons. The molecule has 2 heterocycles. The van der Waals surface area contributed by atoms with Gasteiger partial charge in [-0.05, 0) is 54.7 Å². The van der Waals surface area contributed by atoms with Gasteiger partial charge in [-0.1, -0.05) is 11.6 Å². The highest BCUT2D eigenvalue weighted by Gasteiger charge is 2.19. The largest absolute Gasteiger partial charge is 0.497 e. The quantitative estimate of drug-likeness (QED) is 0.443. The number of nitrogens with zero attached hydrogens (tertiary/aromatic N) is 3. The molecule has 2 amide bonds. The Morgan fingerprint density at radius 1 is 1.27 bits per heavy atom. The van der Waals surface area contributed by atoms with Gasteiger partial charge in [0, 0.05) is 37.3 Å². The number of anilines is 2. The second-order valence-electron chi connectivity index (χ2n) is 7.47. The molecule has 1 aromatic heterocycles. The van der Waals surface area contributed by atoms with Gasteiger partial charge in [0.25, 0.3) is 0 Å². The third-order valence-corrected chi connectivity index (χ3v) is 5.89. The van der Waals surface area contributed by atoms with E-state index in [4.69, 9.17) is 28.6 Å². The Labute approximate surface area is 200 Å². The maximum Gasteiger partial charge on any atom is 0.239 e. The third-order valence-electron chi connectivity index (χ3n) is 5.28. The highest BCUT2D eigenvalue weighted by molar-refractivity contribution is 7.71. The van der Waals surface area contributed by atoms with Crippen LogP contribution < -0.4 is 20.3 Å². The number of aromatic amines is 1. The summed E-state index contributed by atoms with van der Waals surface area (Å²) in [4.78, 5) is 26.1. The standard InChI is InChI=1S/C22H23ClN6O3S/c1-32-16-5-2-14(3-6-16)21-26-27-22(33)29(21)10-8-19(30)25-15-4-7-18(17(23)12-15)28-11-9-24-20(31)13-28/h2-7,12H,8-11,13H2,1H3,(H,24,31)(H,25,30)(H,27,33). The number of piperazine rings is 1. The van der Waals surface area contributed by atoms with Crippen LogP contribution in [0, 0.1) is 4.77 Å². The van der Waals surface area contributed by atoms with Gasteiger partial charge in [0.05, 0.1) is 24.4 Å². The van der Waals surface area contributed by atoms with E-state index in [9.17, 15) is 9.59 Å². The Balaban J connectivity index is 1.40. The summed E-state index contributed by atoms with van der Waals surface area (Å²) < 4.78 is 7.42. The first-order chi connectivity index (χ1) is 15.9. The first kappa shape index (κ1) is 22.8. The van der Waals surface area contributed by atoms with Gasteiger partial charge in [0.15, 0.2) is 10.6 Å². The minimum absolute atomic E-state index is 0.0402. The summed E-state index contributed by atoms with van der Waals surface area (Å²) in [6, 6.07) is 12.7. The Hall–Kier alpha value is -3.37. The van der Waals surface area contributed by atoms with Crippen LogP contribution in [0.15, 0.2) is 42.5 Å². The van der Waals surface area contributed by atoms with Crippen molar-refractivity contribution >= 4 is 47.0 Å². The number of benzene rings is 2. The van der Waals surface area contributed by atoms with Crippen LogP contribution in [0.4, 0.5) is 11.4 Å². The van der Waals surface area contributed by atoms with Gasteiger partial charge in [0.2, 0.25) is 11.8 Å². The Bertz CT molecular complexity index is 1220. The molecule has 0 saturated carbocycles. The number of carbonyl (C=O) groups is 2. The van der Waals surface area contributed by atoms with Crippen LogP contribution in [0.1, 0.15) is 6.42 Å². The molecule has 33 heavy (non-hydrogen) atoms. The molecule has 3 N–H and O–H groups in total. The monoisotopic (exact) mass is 486 g/mol. The molecule has 9 nitrogen and oxygen atoms in total. The maximum atomic E-state index is 12.6. The summed E-state index contributed by atoms with van der Waals surface area (Å²) in [5.74, 6) is 1.17. The minimum Gasteiger partial charge on any atom is -0.497 e. The molecule has 1 aliphatic heterocycles. The van der Waals surface area contributed by atoms with E-state index in [1.54, 1.807) is 23.8 Å². The van der Waals surface area contributed by atoms with E-state index in [-0.39, 0.29) is 24.8 Å². The van der Waals surface area contributed by atoms with Crippen molar-refractivity contribution in [2.45, 2.75) is 13.0 Å². The van der Waals surface area contributed by atoms with Crippen LogP contribution in [0.3, 0.4) is 0 Å². The zero-order chi connectivity index (χ0) is 23.4. The predicted octanol–water partition coefficient (Wildman–Crippen LogP) is 3.23. The van der Waals surface area contributed by atoms with Crippen LogP contribution >= 0.6 is 23.8 Å². The summed E-state index contributed by atoms with van der Waals surface area (Å²) in [5, 5.41) is 13.2. The Kier molecular flexibility index (Phi) is 6.95. The SMILES string of the molecule is COc1ccc(-c2n[nH]c(=S)n2CCC(=O)Nc2ccc(N3CCNC(=O)C3)c(Cl)c2)cc1. The normalized spacial score (nSPS) is 13.5. The number of rotatable bonds is 7. The zero-order valence-electron chi connectivity index (χ0n) is 17.9. The van der Waals surface area contributed by atoms with Crippen LogP contribution in [0.5, 0.6) is 5.75 Å².